The van der Waals surface area contributed by atoms with Crippen LogP contribution in [0.5, 0.6) is 0 Å². The summed E-state index contributed by atoms with van der Waals surface area (Å²) in [5.41, 5.74) is 4.92. The molecule has 0 saturated carbocycles. The van der Waals surface area contributed by atoms with Gasteiger partial charge in [-0.25, -0.2) is 4.98 Å². The molecular formula is C10H12ClN3S. The number of aromatic nitrogens is 1. The van der Waals surface area contributed by atoms with Crippen LogP contribution in [-0.2, 0) is 0 Å². The highest BCUT2D eigenvalue weighted by atomic mass is 35.5. The van der Waals surface area contributed by atoms with E-state index in [1.807, 2.05) is 0 Å². The summed E-state index contributed by atoms with van der Waals surface area (Å²) in [4.78, 5) is 4.13. The monoisotopic (exact) mass is 241 g/mol. The van der Waals surface area contributed by atoms with E-state index in [-0.39, 0.29) is 0 Å². The molecule has 0 radical (unpaired) electrons. The highest BCUT2D eigenvalue weighted by Crippen LogP contribution is 2.25. The van der Waals surface area contributed by atoms with E-state index in [1.54, 1.807) is 25.3 Å². The summed E-state index contributed by atoms with van der Waals surface area (Å²) in [6.45, 7) is 1.72. The Morgan fingerprint density at radius 2 is 2.47 bits per heavy atom. The summed E-state index contributed by atoms with van der Waals surface area (Å²) in [5, 5.41) is 10.1. The van der Waals surface area contributed by atoms with E-state index in [1.165, 1.54) is 11.8 Å². The molecule has 1 unspecified atom stereocenters. The minimum Gasteiger partial charge on any atom is -0.314 e. The lowest BCUT2D eigenvalue weighted by Gasteiger charge is -2.14. The molecule has 5 heteroatoms. The fraction of sp³-hybridized carbons (Fsp3) is 0.400. The Balaban J connectivity index is 2.46. The van der Waals surface area contributed by atoms with Gasteiger partial charge >= 0.3 is 0 Å². The van der Waals surface area contributed by atoms with Crippen molar-refractivity contribution in [1.29, 1.82) is 5.26 Å². The smallest absolute Gasteiger partial charge is 0.115 e. The predicted molar refractivity (Wildman–Crippen MR) is 62.8 cm³/mol. The van der Waals surface area contributed by atoms with Crippen molar-refractivity contribution in [2.24, 2.45) is 5.73 Å². The van der Waals surface area contributed by atoms with Gasteiger partial charge in [-0.1, -0.05) is 11.6 Å². The van der Waals surface area contributed by atoms with E-state index in [0.717, 1.165) is 10.8 Å². The molecule has 15 heavy (non-hydrogen) atoms. The van der Waals surface area contributed by atoms with Gasteiger partial charge in [-0.2, -0.15) is 5.26 Å². The zero-order chi connectivity index (χ0) is 11.3. The summed E-state index contributed by atoms with van der Waals surface area (Å²) in [6.07, 6.45) is 2.31. The molecule has 0 aromatic carbocycles. The van der Waals surface area contributed by atoms with Gasteiger partial charge in [0.25, 0.3) is 0 Å². The van der Waals surface area contributed by atoms with Gasteiger partial charge in [0.15, 0.2) is 0 Å². The number of hydrogen-bond acceptors (Lipinski definition) is 4. The van der Waals surface area contributed by atoms with Gasteiger partial charge in [-0.05, 0) is 25.5 Å². The van der Waals surface area contributed by atoms with Crippen LogP contribution in [0.1, 0.15) is 13.3 Å². The van der Waals surface area contributed by atoms with E-state index >= 15 is 0 Å². The van der Waals surface area contributed by atoms with E-state index in [0.29, 0.717) is 11.4 Å². The largest absolute Gasteiger partial charge is 0.314 e. The summed E-state index contributed by atoms with van der Waals surface area (Å²) < 4.78 is 0. The minimum absolute atomic E-state index is 0.612. The van der Waals surface area contributed by atoms with Gasteiger partial charge in [0.1, 0.15) is 10.6 Å². The third-order valence-electron chi connectivity index (χ3n) is 1.84. The van der Waals surface area contributed by atoms with Crippen LogP contribution in [-0.4, -0.2) is 16.3 Å². The van der Waals surface area contributed by atoms with Crippen molar-refractivity contribution < 1.29 is 0 Å². The molecule has 1 rings (SSSR count). The van der Waals surface area contributed by atoms with Gasteiger partial charge in [0, 0.05) is 11.9 Å². The number of thioether (sulfide) groups is 1. The fourth-order valence-electron chi connectivity index (χ4n) is 0.893. The lowest BCUT2D eigenvalue weighted by atomic mass is 10.0. The van der Waals surface area contributed by atoms with Crippen molar-refractivity contribution in [2.45, 2.75) is 23.9 Å². The van der Waals surface area contributed by atoms with E-state index in [2.05, 4.69) is 11.1 Å². The average Bonchev–Trinajstić information content (AvgIpc) is 2.21. The molecule has 1 aromatic rings. The van der Waals surface area contributed by atoms with Crippen molar-refractivity contribution >= 4 is 23.4 Å². The van der Waals surface area contributed by atoms with Gasteiger partial charge in [0.2, 0.25) is 0 Å². The maximum atomic E-state index is 8.72. The number of nitrogens with zero attached hydrogens (tertiary/aromatic N) is 2. The molecule has 0 spiro atoms. The van der Waals surface area contributed by atoms with E-state index in [4.69, 9.17) is 22.6 Å². The van der Waals surface area contributed by atoms with Crippen LogP contribution in [0.2, 0.25) is 5.02 Å². The molecule has 1 aromatic heterocycles. The number of halogens is 1. The standard InChI is InChI=1S/C10H12ClN3S/c1-10(13,7-12)4-6-15-9-8(11)3-2-5-14-9/h2-3,5H,4,6,13H2,1H3. The van der Waals surface area contributed by atoms with Crippen LogP contribution in [0.3, 0.4) is 0 Å². The van der Waals surface area contributed by atoms with Crippen molar-refractivity contribution in [2.75, 3.05) is 5.75 Å². The first kappa shape index (κ1) is 12.3. The zero-order valence-electron chi connectivity index (χ0n) is 8.40. The third-order valence-corrected chi connectivity index (χ3v) is 3.26. The summed E-state index contributed by atoms with van der Waals surface area (Å²) >= 11 is 7.44. The van der Waals surface area contributed by atoms with Crippen molar-refractivity contribution in [3.8, 4) is 6.07 Å². The van der Waals surface area contributed by atoms with Gasteiger partial charge in [-0.15, -0.1) is 11.8 Å². The molecule has 0 aliphatic heterocycles. The van der Waals surface area contributed by atoms with Crippen LogP contribution in [0.4, 0.5) is 0 Å². The molecule has 0 bridgehead atoms. The number of pyridine rings is 1. The summed E-state index contributed by atoms with van der Waals surface area (Å²) in [5.74, 6) is 0.733. The Hall–Kier alpha value is -0.760. The minimum atomic E-state index is -0.770. The van der Waals surface area contributed by atoms with Crippen LogP contribution in [0.25, 0.3) is 0 Å². The first-order valence-corrected chi connectivity index (χ1v) is 5.85. The van der Waals surface area contributed by atoms with Crippen LogP contribution < -0.4 is 5.73 Å². The normalized spacial score (nSPS) is 14.3. The highest BCUT2D eigenvalue weighted by molar-refractivity contribution is 7.99. The Morgan fingerprint density at radius 3 is 3.07 bits per heavy atom. The number of nitriles is 1. The molecule has 0 aliphatic carbocycles. The van der Waals surface area contributed by atoms with Gasteiger partial charge in [0.05, 0.1) is 11.1 Å². The van der Waals surface area contributed by atoms with Gasteiger partial charge in [-0.3, -0.25) is 0 Å². The fourth-order valence-corrected chi connectivity index (χ4v) is 2.24. The van der Waals surface area contributed by atoms with Crippen molar-refractivity contribution in [3.05, 3.63) is 23.4 Å². The van der Waals surface area contributed by atoms with Gasteiger partial charge < -0.3 is 5.73 Å². The summed E-state index contributed by atoms with van der Waals surface area (Å²) in [7, 11) is 0. The SMILES string of the molecule is CC(N)(C#N)CCSc1ncccc1Cl. The molecular weight excluding hydrogens is 230 g/mol. The molecule has 1 heterocycles. The molecule has 0 aliphatic rings. The Kier molecular flexibility index (Phi) is 4.40. The van der Waals surface area contributed by atoms with Crippen LogP contribution in [0.15, 0.2) is 23.4 Å². The number of hydrogen-bond donors (Lipinski definition) is 1. The second-order valence-corrected chi connectivity index (χ2v) is 4.91. The van der Waals surface area contributed by atoms with E-state index < -0.39 is 5.54 Å². The van der Waals surface area contributed by atoms with Crippen LogP contribution >= 0.6 is 23.4 Å². The maximum Gasteiger partial charge on any atom is 0.115 e. The first-order valence-electron chi connectivity index (χ1n) is 4.48. The van der Waals surface area contributed by atoms with Crippen LogP contribution in [0, 0.1) is 11.3 Å². The van der Waals surface area contributed by atoms with E-state index in [9.17, 15) is 0 Å². The molecule has 0 saturated heterocycles. The molecule has 0 amide bonds. The second kappa shape index (κ2) is 5.36. The lowest BCUT2D eigenvalue weighted by molar-refractivity contribution is 0.583. The molecule has 1 atom stereocenters. The second-order valence-electron chi connectivity index (χ2n) is 3.42. The topological polar surface area (TPSA) is 62.7 Å². The predicted octanol–water partition coefficient (Wildman–Crippen LogP) is 2.46. The first-order chi connectivity index (χ1) is 7.05. The summed E-state index contributed by atoms with van der Waals surface area (Å²) in [6, 6.07) is 5.63. The zero-order valence-corrected chi connectivity index (χ0v) is 9.98. The molecule has 2 N–H and O–H groups in total. The Bertz CT molecular complexity index is 373. The molecule has 3 nitrogen and oxygen atoms in total. The Labute approximate surface area is 98.6 Å². The van der Waals surface area contributed by atoms with Crippen molar-refractivity contribution in [3.63, 3.8) is 0 Å². The van der Waals surface area contributed by atoms with Crippen molar-refractivity contribution in [1.82, 2.24) is 4.98 Å². The molecule has 0 fully saturated rings. The lowest BCUT2D eigenvalue weighted by Crippen LogP contribution is -2.34. The quantitative estimate of drug-likeness (QED) is 0.823. The number of nitrogens with two attached hydrogens (primary N) is 1. The molecule has 80 valence electrons. The highest BCUT2D eigenvalue weighted by Gasteiger charge is 2.16. The number of rotatable bonds is 4. The third kappa shape index (κ3) is 4.08. The Morgan fingerprint density at radius 1 is 1.73 bits per heavy atom. The maximum absolute atomic E-state index is 8.72. The average molecular weight is 242 g/mol.